The van der Waals surface area contributed by atoms with Gasteiger partial charge in [0.1, 0.15) is 0 Å². The molecule has 0 fully saturated rings. The molecule has 0 aromatic heterocycles. The summed E-state index contributed by atoms with van der Waals surface area (Å²) in [7, 11) is -2.29. The summed E-state index contributed by atoms with van der Waals surface area (Å²) in [6, 6.07) is 43.5. The SMILES string of the molecule is C(=C[PH](c1ccccc1)(c1ccccc1)c1ccccc1)c1ccccc1. The van der Waals surface area contributed by atoms with E-state index in [2.05, 4.69) is 133 Å². The van der Waals surface area contributed by atoms with E-state index >= 15 is 0 Å². The molecular weight excluding hydrogens is 343 g/mol. The van der Waals surface area contributed by atoms with Crippen molar-refractivity contribution >= 4 is 29.3 Å². The summed E-state index contributed by atoms with van der Waals surface area (Å²) in [5, 5.41) is 4.19. The summed E-state index contributed by atoms with van der Waals surface area (Å²) in [5.41, 5.74) is 1.23. The summed E-state index contributed by atoms with van der Waals surface area (Å²) < 4.78 is 0. The van der Waals surface area contributed by atoms with E-state index in [-0.39, 0.29) is 0 Å². The fourth-order valence-electron chi connectivity index (χ4n) is 3.68. The first-order valence-corrected chi connectivity index (χ1v) is 11.4. The van der Waals surface area contributed by atoms with Gasteiger partial charge in [-0.1, -0.05) is 0 Å². The van der Waals surface area contributed by atoms with Crippen LogP contribution < -0.4 is 15.9 Å². The maximum atomic E-state index is 2.47. The van der Waals surface area contributed by atoms with Crippen LogP contribution in [0.5, 0.6) is 0 Å². The molecule has 4 aromatic rings. The van der Waals surface area contributed by atoms with Crippen molar-refractivity contribution in [1.29, 1.82) is 0 Å². The van der Waals surface area contributed by atoms with Crippen molar-refractivity contribution in [3.8, 4) is 0 Å². The van der Waals surface area contributed by atoms with Gasteiger partial charge < -0.3 is 0 Å². The Morgan fingerprint density at radius 2 is 0.741 bits per heavy atom. The molecule has 0 unspecified atom stereocenters. The fraction of sp³-hybridized carbons (Fsp3) is 0. The van der Waals surface area contributed by atoms with Crippen molar-refractivity contribution in [2.24, 2.45) is 0 Å². The first kappa shape index (κ1) is 17.5. The summed E-state index contributed by atoms with van der Waals surface area (Å²) in [4.78, 5) is 0. The van der Waals surface area contributed by atoms with Crippen molar-refractivity contribution in [2.45, 2.75) is 0 Å². The summed E-state index contributed by atoms with van der Waals surface area (Å²) in [6.45, 7) is 0. The molecule has 0 spiro atoms. The van der Waals surface area contributed by atoms with E-state index in [9.17, 15) is 0 Å². The van der Waals surface area contributed by atoms with E-state index in [1.807, 2.05) is 0 Å². The van der Waals surface area contributed by atoms with Crippen LogP contribution in [0.1, 0.15) is 5.56 Å². The maximum absolute atomic E-state index is 2.47. The first-order valence-electron chi connectivity index (χ1n) is 9.30. The van der Waals surface area contributed by atoms with Crippen LogP contribution in [-0.4, -0.2) is 0 Å². The molecule has 0 nitrogen and oxygen atoms in total. The molecule has 132 valence electrons. The Bertz CT molecular complexity index is 894. The zero-order valence-corrected chi connectivity index (χ0v) is 16.2. The first-order chi connectivity index (χ1) is 13.4. The molecular formula is C26H23P. The molecule has 1 heteroatoms. The van der Waals surface area contributed by atoms with Crippen LogP contribution in [0.3, 0.4) is 0 Å². The van der Waals surface area contributed by atoms with Gasteiger partial charge in [0.25, 0.3) is 0 Å². The van der Waals surface area contributed by atoms with Gasteiger partial charge in [0, 0.05) is 0 Å². The summed E-state index contributed by atoms with van der Waals surface area (Å²) in [5.74, 6) is 2.47. The predicted octanol–water partition coefficient (Wildman–Crippen LogP) is 5.38. The fourth-order valence-corrected chi connectivity index (χ4v) is 7.85. The molecule has 0 aliphatic heterocycles. The molecule has 0 aliphatic carbocycles. The third kappa shape index (κ3) is 3.63. The molecule has 0 saturated heterocycles. The third-order valence-corrected chi connectivity index (χ3v) is 9.41. The van der Waals surface area contributed by atoms with Gasteiger partial charge in [0.15, 0.2) is 0 Å². The standard InChI is InChI=1S/C26H23P/c1-5-13-23(14-6-1)21-22-27(24-15-7-2-8-16-24,25-17-9-3-10-18-25)26-19-11-4-12-20-26/h1-22,27H. The predicted molar refractivity (Wildman–Crippen MR) is 122 cm³/mol. The zero-order chi connectivity index (χ0) is 18.4. The molecule has 0 saturated carbocycles. The molecule has 0 radical (unpaired) electrons. The molecule has 0 heterocycles. The molecule has 27 heavy (non-hydrogen) atoms. The van der Waals surface area contributed by atoms with E-state index in [4.69, 9.17) is 0 Å². The second-order valence-corrected chi connectivity index (χ2v) is 10.3. The van der Waals surface area contributed by atoms with E-state index in [1.54, 1.807) is 0 Å². The Kier molecular flexibility index (Phi) is 5.28. The quantitative estimate of drug-likeness (QED) is 0.416. The van der Waals surface area contributed by atoms with Gasteiger partial charge >= 0.3 is 162 Å². The van der Waals surface area contributed by atoms with Crippen LogP contribution in [0.2, 0.25) is 0 Å². The molecule has 4 rings (SSSR count). The molecule has 0 bridgehead atoms. The summed E-state index contributed by atoms with van der Waals surface area (Å²) >= 11 is 0. The van der Waals surface area contributed by atoms with Gasteiger partial charge in [-0.2, -0.15) is 0 Å². The average molecular weight is 366 g/mol. The van der Waals surface area contributed by atoms with Crippen molar-refractivity contribution in [2.75, 3.05) is 0 Å². The van der Waals surface area contributed by atoms with Crippen molar-refractivity contribution in [1.82, 2.24) is 0 Å². The van der Waals surface area contributed by atoms with E-state index in [0.29, 0.717) is 0 Å². The minimum absolute atomic E-state index is 1.23. The van der Waals surface area contributed by atoms with Crippen LogP contribution in [0.25, 0.3) is 6.08 Å². The van der Waals surface area contributed by atoms with Crippen molar-refractivity contribution in [3.05, 3.63) is 133 Å². The molecule has 0 aliphatic rings. The Morgan fingerprint density at radius 3 is 1.11 bits per heavy atom. The van der Waals surface area contributed by atoms with Crippen molar-refractivity contribution in [3.63, 3.8) is 0 Å². The molecule has 0 atom stereocenters. The van der Waals surface area contributed by atoms with E-state index < -0.39 is 7.26 Å². The minimum atomic E-state index is -2.29. The van der Waals surface area contributed by atoms with Crippen LogP contribution in [0.15, 0.2) is 127 Å². The normalized spacial score (nSPS) is 12.1. The monoisotopic (exact) mass is 366 g/mol. The van der Waals surface area contributed by atoms with Gasteiger partial charge in [-0.3, -0.25) is 0 Å². The topological polar surface area (TPSA) is 0 Å². The van der Waals surface area contributed by atoms with Gasteiger partial charge in [-0.25, -0.2) is 0 Å². The third-order valence-electron chi connectivity index (χ3n) is 5.01. The number of hydrogen-bond acceptors (Lipinski definition) is 0. The Labute approximate surface area is 162 Å². The molecule has 0 N–H and O–H groups in total. The van der Waals surface area contributed by atoms with Gasteiger partial charge in [0.05, 0.1) is 0 Å². The molecule has 0 amide bonds. The Hall–Kier alpha value is -2.95. The Balaban J connectivity index is 1.99. The second-order valence-electron chi connectivity index (χ2n) is 6.65. The average Bonchev–Trinajstić information content (AvgIpc) is 2.77. The summed E-state index contributed by atoms with van der Waals surface area (Å²) in [6.07, 6.45) is 2.29. The zero-order valence-electron chi connectivity index (χ0n) is 15.2. The number of hydrogen-bond donors (Lipinski definition) is 0. The van der Waals surface area contributed by atoms with Crippen LogP contribution in [0.4, 0.5) is 0 Å². The van der Waals surface area contributed by atoms with Crippen LogP contribution in [-0.2, 0) is 0 Å². The second kappa shape index (κ2) is 8.16. The van der Waals surface area contributed by atoms with Gasteiger partial charge in [-0.05, 0) is 0 Å². The number of benzene rings is 4. The van der Waals surface area contributed by atoms with E-state index in [1.165, 1.54) is 21.5 Å². The molecule has 4 aromatic carbocycles. The number of rotatable bonds is 5. The van der Waals surface area contributed by atoms with Crippen LogP contribution in [0, 0.1) is 0 Å². The van der Waals surface area contributed by atoms with Gasteiger partial charge in [-0.15, -0.1) is 0 Å². The Morgan fingerprint density at radius 1 is 0.407 bits per heavy atom. The van der Waals surface area contributed by atoms with Gasteiger partial charge in [0.2, 0.25) is 0 Å². The van der Waals surface area contributed by atoms with Crippen molar-refractivity contribution < 1.29 is 0 Å². The van der Waals surface area contributed by atoms with Crippen LogP contribution >= 0.6 is 7.26 Å². The van der Waals surface area contributed by atoms with E-state index in [0.717, 1.165) is 0 Å².